The number of carbonyl (C=O) groups excluding carboxylic acids is 1. The van der Waals surface area contributed by atoms with Crippen LogP contribution in [-0.2, 0) is 18.0 Å². The summed E-state index contributed by atoms with van der Waals surface area (Å²) in [6.45, 7) is 2.35. The molecule has 29 heavy (non-hydrogen) atoms. The van der Waals surface area contributed by atoms with Crippen molar-refractivity contribution in [1.82, 2.24) is 5.32 Å². The molecule has 0 saturated carbocycles. The summed E-state index contributed by atoms with van der Waals surface area (Å²) in [6, 6.07) is 26.0. The fourth-order valence-electron chi connectivity index (χ4n) is 2.85. The number of carbonyl (C=O) groups is 1. The number of nitrogens with one attached hydrogen (secondary N) is 1. The van der Waals surface area contributed by atoms with Gasteiger partial charge in [0.15, 0.2) is 0 Å². The quantitative estimate of drug-likeness (QED) is 0.588. The summed E-state index contributed by atoms with van der Waals surface area (Å²) in [7, 11) is 0. The molecule has 0 spiro atoms. The van der Waals surface area contributed by atoms with E-state index < -0.39 is 18.2 Å². The molecule has 0 aromatic heterocycles. The Balaban J connectivity index is 1.52. The minimum atomic E-state index is -0.889. The number of alkyl carbamates (subject to hydrolysis) is 1. The van der Waals surface area contributed by atoms with Gasteiger partial charge in [0.2, 0.25) is 0 Å². The van der Waals surface area contributed by atoms with Gasteiger partial charge in [-0.15, -0.1) is 0 Å². The van der Waals surface area contributed by atoms with Crippen molar-refractivity contribution in [2.45, 2.75) is 32.3 Å². The highest BCUT2D eigenvalue weighted by molar-refractivity contribution is 5.67. The average molecular weight is 391 g/mol. The number of hydrogen-bond donors (Lipinski definition) is 2. The third-order valence-corrected chi connectivity index (χ3v) is 4.48. The molecule has 1 amide bonds. The number of amides is 1. The van der Waals surface area contributed by atoms with Gasteiger partial charge in [0.25, 0.3) is 0 Å². The first-order chi connectivity index (χ1) is 14.1. The van der Waals surface area contributed by atoms with Crippen molar-refractivity contribution in [3.8, 4) is 5.75 Å². The van der Waals surface area contributed by atoms with Crippen LogP contribution in [0.25, 0.3) is 0 Å². The number of aliphatic hydroxyl groups excluding tert-OH is 1. The Hall–Kier alpha value is -3.31. The van der Waals surface area contributed by atoms with E-state index in [0.717, 1.165) is 11.1 Å². The maximum absolute atomic E-state index is 12.0. The van der Waals surface area contributed by atoms with Crippen LogP contribution in [0.1, 0.15) is 29.7 Å². The van der Waals surface area contributed by atoms with Gasteiger partial charge in [0.1, 0.15) is 19.0 Å². The van der Waals surface area contributed by atoms with Crippen molar-refractivity contribution in [2.24, 2.45) is 0 Å². The Morgan fingerprint density at radius 1 is 0.897 bits per heavy atom. The number of aliphatic hydroxyl groups is 1. The van der Waals surface area contributed by atoms with E-state index in [9.17, 15) is 9.90 Å². The standard InChI is InChI=1S/C24H25NO4/c1-18(25-24(27)29-17-20-11-6-3-7-12-20)23(26)21-13-8-14-22(15-21)28-16-19-9-4-2-5-10-19/h2-15,18,23,26H,16-17H2,1H3,(H,25,27)/t18-,23+/m1/s1. The Bertz CT molecular complexity index is 899. The van der Waals surface area contributed by atoms with Gasteiger partial charge in [-0.3, -0.25) is 0 Å². The second-order valence-corrected chi connectivity index (χ2v) is 6.79. The molecule has 2 atom stereocenters. The second-order valence-electron chi connectivity index (χ2n) is 6.79. The van der Waals surface area contributed by atoms with Crippen molar-refractivity contribution >= 4 is 6.09 Å². The molecule has 0 aliphatic rings. The molecule has 2 N–H and O–H groups in total. The lowest BCUT2D eigenvalue weighted by Gasteiger charge is -2.21. The van der Waals surface area contributed by atoms with Gasteiger partial charge in [0.05, 0.1) is 12.1 Å². The van der Waals surface area contributed by atoms with Crippen LogP contribution in [0.2, 0.25) is 0 Å². The number of rotatable bonds is 8. The highest BCUT2D eigenvalue weighted by Gasteiger charge is 2.19. The van der Waals surface area contributed by atoms with Crippen LogP contribution < -0.4 is 10.1 Å². The van der Waals surface area contributed by atoms with E-state index in [0.29, 0.717) is 17.9 Å². The van der Waals surface area contributed by atoms with Gasteiger partial charge < -0.3 is 19.9 Å². The first-order valence-corrected chi connectivity index (χ1v) is 9.54. The topological polar surface area (TPSA) is 67.8 Å². The molecule has 3 aromatic rings. The van der Waals surface area contributed by atoms with Gasteiger partial charge in [-0.1, -0.05) is 72.8 Å². The molecule has 0 saturated heterocycles. The van der Waals surface area contributed by atoms with Crippen LogP contribution in [-0.4, -0.2) is 17.2 Å². The fraction of sp³-hybridized carbons (Fsp3) is 0.208. The van der Waals surface area contributed by atoms with E-state index in [1.807, 2.05) is 72.8 Å². The third-order valence-electron chi connectivity index (χ3n) is 4.48. The maximum Gasteiger partial charge on any atom is 0.407 e. The lowest BCUT2D eigenvalue weighted by molar-refractivity contribution is 0.106. The summed E-state index contributed by atoms with van der Waals surface area (Å²) < 4.78 is 11.0. The highest BCUT2D eigenvalue weighted by atomic mass is 16.5. The molecular weight excluding hydrogens is 366 g/mol. The first-order valence-electron chi connectivity index (χ1n) is 9.54. The Kier molecular flexibility index (Phi) is 7.25. The van der Waals surface area contributed by atoms with Crippen molar-refractivity contribution in [3.05, 3.63) is 102 Å². The van der Waals surface area contributed by atoms with Crippen molar-refractivity contribution in [3.63, 3.8) is 0 Å². The van der Waals surface area contributed by atoms with Crippen molar-refractivity contribution in [2.75, 3.05) is 0 Å². The minimum absolute atomic E-state index is 0.179. The molecule has 0 bridgehead atoms. The summed E-state index contributed by atoms with van der Waals surface area (Å²) >= 11 is 0. The molecular formula is C24H25NO4. The largest absolute Gasteiger partial charge is 0.489 e. The average Bonchev–Trinajstić information content (AvgIpc) is 2.77. The van der Waals surface area contributed by atoms with Gasteiger partial charge >= 0.3 is 6.09 Å². The van der Waals surface area contributed by atoms with Crippen molar-refractivity contribution < 1.29 is 19.4 Å². The molecule has 0 unspecified atom stereocenters. The smallest absolute Gasteiger partial charge is 0.407 e. The van der Waals surface area contributed by atoms with E-state index in [4.69, 9.17) is 9.47 Å². The molecule has 0 heterocycles. The van der Waals surface area contributed by atoms with Gasteiger partial charge in [0, 0.05) is 0 Å². The summed E-state index contributed by atoms with van der Waals surface area (Å²) in [5.41, 5.74) is 2.63. The van der Waals surface area contributed by atoms with Gasteiger partial charge in [-0.25, -0.2) is 4.79 Å². The van der Waals surface area contributed by atoms with E-state index in [-0.39, 0.29) is 6.61 Å². The van der Waals surface area contributed by atoms with Crippen LogP contribution in [0, 0.1) is 0 Å². The third kappa shape index (κ3) is 6.36. The van der Waals surface area contributed by atoms with E-state index in [1.165, 1.54) is 0 Å². The summed E-state index contributed by atoms with van der Waals surface area (Å²) in [4.78, 5) is 12.0. The molecule has 150 valence electrons. The predicted molar refractivity (Wildman–Crippen MR) is 111 cm³/mol. The zero-order valence-corrected chi connectivity index (χ0v) is 16.3. The Morgan fingerprint density at radius 2 is 1.52 bits per heavy atom. The lowest BCUT2D eigenvalue weighted by atomic mass is 10.0. The van der Waals surface area contributed by atoms with Crippen molar-refractivity contribution in [1.29, 1.82) is 0 Å². The molecule has 3 rings (SSSR count). The van der Waals surface area contributed by atoms with Crippen LogP contribution in [0.4, 0.5) is 4.79 Å². The van der Waals surface area contributed by atoms with Crippen LogP contribution in [0.3, 0.4) is 0 Å². The molecule has 0 aliphatic carbocycles. The number of hydrogen-bond acceptors (Lipinski definition) is 4. The van der Waals surface area contributed by atoms with Crippen LogP contribution >= 0.6 is 0 Å². The predicted octanol–water partition coefficient (Wildman–Crippen LogP) is 4.61. The first kappa shape index (κ1) is 20.4. The highest BCUT2D eigenvalue weighted by Crippen LogP contribution is 2.22. The zero-order valence-electron chi connectivity index (χ0n) is 16.3. The van der Waals surface area contributed by atoms with E-state index >= 15 is 0 Å². The van der Waals surface area contributed by atoms with E-state index in [2.05, 4.69) is 5.32 Å². The molecule has 3 aromatic carbocycles. The van der Waals surface area contributed by atoms with Crippen LogP contribution in [0.5, 0.6) is 5.75 Å². The Morgan fingerprint density at radius 3 is 2.17 bits per heavy atom. The fourth-order valence-corrected chi connectivity index (χ4v) is 2.85. The SMILES string of the molecule is C[C@@H](NC(=O)OCc1ccccc1)[C@H](O)c1cccc(OCc2ccccc2)c1. The molecule has 0 radical (unpaired) electrons. The summed E-state index contributed by atoms with van der Waals surface area (Å²) in [6.07, 6.45) is -1.46. The molecule has 5 heteroatoms. The van der Waals surface area contributed by atoms with Crippen LogP contribution in [0.15, 0.2) is 84.9 Å². The lowest BCUT2D eigenvalue weighted by Crippen LogP contribution is -2.37. The minimum Gasteiger partial charge on any atom is -0.489 e. The van der Waals surface area contributed by atoms with Gasteiger partial charge in [-0.05, 0) is 35.7 Å². The van der Waals surface area contributed by atoms with E-state index in [1.54, 1.807) is 19.1 Å². The second kappa shape index (κ2) is 10.3. The number of benzene rings is 3. The normalized spacial score (nSPS) is 12.6. The molecule has 0 fully saturated rings. The summed E-state index contributed by atoms with van der Waals surface area (Å²) in [5, 5.41) is 13.3. The van der Waals surface area contributed by atoms with Gasteiger partial charge in [-0.2, -0.15) is 0 Å². The summed E-state index contributed by atoms with van der Waals surface area (Å²) in [5.74, 6) is 0.657. The Labute approximate surface area is 170 Å². The maximum atomic E-state index is 12.0. The molecule has 5 nitrogen and oxygen atoms in total. The number of ether oxygens (including phenoxy) is 2. The molecule has 0 aliphatic heterocycles. The monoisotopic (exact) mass is 391 g/mol. The zero-order chi connectivity index (χ0) is 20.5.